The number of anilines is 1. The summed E-state index contributed by atoms with van der Waals surface area (Å²) >= 11 is 0. The van der Waals surface area contributed by atoms with Crippen molar-refractivity contribution in [2.45, 2.75) is 12.8 Å². The Morgan fingerprint density at radius 1 is 1.41 bits per heavy atom. The molecule has 1 rings (SSSR count). The molecule has 1 aromatic rings. The molecule has 0 bridgehead atoms. The number of urea groups is 1. The quantitative estimate of drug-likeness (QED) is 0.594. The molecule has 0 fully saturated rings. The number of carbonyl (C=O) groups is 2. The standard InChI is InChI=1S/C11H15N3O3/c1-17-10(15)6-4-8-13-11(16)14-9-5-2-3-7-12-9/h2-3,5,7H,4,6,8H2,1H3,(H2,12,13,14,16). The predicted molar refractivity (Wildman–Crippen MR) is 62.5 cm³/mol. The fourth-order valence-electron chi connectivity index (χ4n) is 1.13. The second kappa shape index (κ2) is 7.21. The number of hydrogen-bond acceptors (Lipinski definition) is 4. The first kappa shape index (κ1) is 13.0. The van der Waals surface area contributed by atoms with E-state index in [0.29, 0.717) is 25.2 Å². The largest absolute Gasteiger partial charge is 0.469 e. The van der Waals surface area contributed by atoms with Gasteiger partial charge in [-0.25, -0.2) is 9.78 Å². The molecule has 1 heterocycles. The maximum atomic E-state index is 11.3. The molecule has 6 heteroatoms. The highest BCUT2D eigenvalue weighted by atomic mass is 16.5. The van der Waals surface area contributed by atoms with E-state index in [1.165, 1.54) is 7.11 Å². The smallest absolute Gasteiger partial charge is 0.320 e. The third-order valence-electron chi connectivity index (χ3n) is 1.98. The summed E-state index contributed by atoms with van der Waals surface area (Å²) in [6.07, 6.45) is 2.43. The van der Waals surface area contributed by atoms with Gasteiger partial charge in [-0.1, -0.05) is 6.07 Å². The summed E-state index contributed by atoms with van der Waals surface area (Å²) in [6.45, 7) is 0.410. The SMILES string of the molecule is COC(=O)CCCNC(=O)Nc1ccccn1. The van der Waals surface area contributed by atoms with E-state index in [1.54, 1.807) is 24.4 Å². The van der Waals surface area contributed by atoms with Crippen molar-refractivity contribution < 1.29 is 14.3 Å². The van der Waals surface area contributed by atoms with Crippen LogP contribution in [0.15, 0.2) is 24.4 Å². The zero-order chi connectivity index (χ0) is 12.5. The van der Waals surface area contributed by atoms with Crippen molar-refractivity contribution in [1.29, 1.82) is 0 Å². The second-order valence-corrected chi connectivity index (χ2v) is 3.28. The molecule has 0 saturated carbocycles. The number of nitrogens with one attached hydrogen (secondary N) is 2. The first-order chi connectivity index (χ1) is 8.22. The van der Waals surface area contributed by atoms with Crippen LogP contribution in [0.2, 0.25) is 0 Å². The van der Waals surface area contributed by atoms with Crippen LogP contribution >= 0.6 is 0 Å². The van der Waals surface area contributed by atoms with Crippen molar-refractivity contribution >= 4 is 17.8 Å². The van der Waals surface area contributed by atoms with Gasteiger partial charge in [0, 0.05) is 19.2 Å². The molecule has 0 aliphatic carbocycles. The molecule has 0 aromatic carbocycles. The lowest BCUT2D eigenvalue weighted by Gasteiger charge is -2.06. The number of carbonyl (C=O) groups excluding carboxylic acids is 2. The molecule has 2 N–H and O–H groups in total. The molecule has 17 heavy (non-hydrogen) atoms. The molecule has 0 unspecified atom stereocenters. The highest BCUT2D eigenvalue weighted by Gasteiger charge is 2.03. The van der Waals surface area contributed by atoms with E-state index < -0.39 is 0 Å². The van der Waals surface area contributed by atoms with Crippen molar-refractivity contribution in [2.75, 3.05) is 19.0 Å². The van der Waals surface area contributed by atoms with Gasteiger partial charge in [-0.3, -0.25) is 10.1 Å². The first-order valence-electron chi connectivity index (χ1n) is 5.25. The fourth-order valence-corrected chi connectivity index (χ4v) is 1.13. The minimum absolute atomic E-state index is 0.281. The van der Waals surface area contributed by atoms with E-state index in [-0.39, 0.29) is 12.0 Å². The Morgan fingerprint density at radius 2 is 2.24 bits per heavy atom. The number of esters is 1. The van der Waals surface area contributed by atoms with E-state index in [9.17, 15) is 9.59 Å². The normalized spacial score (nSPS) is 9.47. The molecular weight excluding hydrogens is 222 g/mol. The maximum Gasteiger partial charge on any atom is 0.320 e. The van der Waals surface area contributed by atoms with Crippen LogP contribution in [-0.2, 0) is 9.53 Å². The van der Waals surface area contributed by atoms with Gasteiger partial charge in [0.15, 0.2) is 0 Å². The summed E-state index contributed by atoms with van der Waals surface area (Å²) in [5, 5.41) is 5.18. The van der Waals surface area contributed by atoms with Gasteiger partial charge >= 0.3 is 12.0 Å². The predicted octanol–water partition coefficient (Wildman–Crippen LogP) is 1.16. The van der Waals surface area contributed by atoms with E-state index >= 15 is 0 Å². The Bertz CT molecular complexity index is 367. The van der Waals surface area contributed by atoms with Gasteiger partial charge < -0.3 is 10.1 Å². The van der Waals surface area contributed by atoms with Crippen LogP contribution in [0, 0.1) is 0 Å². The zero-order valence-corrected chi connectivity index (χ0v) is 9.60. The molecule has 2 amide bonds. The average Bonchev–Trinajstić information content (AvgIpc) is 2.35. The monoisotopic (exact) mass is 237 g/mol. The topological polar surface area (TPSA) is 80.3 Å². The van der Waals surface area contributed by atoms with Crippen molar-refractivity contribution in [1.82, 2.24) is 10.3 Å². The van der Waals surface area contributed by atoms with Gasteiger partial charge in [-0.15, -0.1) is 0 Å². The Labute approximate surface area is 99.4 Å². The minimum atomic E-state index is -0.339. The van der Waals surface area contributed by atoms with Crippen LogP contribution in [0.3, 0.4) is 0 Å². The van der Waals surface area contributed by atoms with Crippen molar-refractivity contribution in [3.8, 4) is 0 Å². The molecule has 0 saturated heterocycles. The number of ether oxygens (including phenoxy) is 1. The molecule has 92 valence electrons. The third kappa shape index (κ3) is 5.50. The minimum Gasteiger partial charge on any atom is -0.469 e. The van der Waals surface area contributed by atoms with Gasteiger partial charge in [-0.2, -0.15) is 0 Å². The maximum absolute atomic E-state index is 11.3. The summed E-state index contributed by atoms with van der Waals surface area (Å²) < 4.78 is 4.48. The van der Waals surface area contributed by atoms with Crippen LogP contribution in [0.4, 0.5) is 10.6 Å². The summed E-state index contributed by atoms with van der Waals surface area (Å²) in [7, 11) is 1.34. The van der Waals surface area contributed by atoms with Crippen LogP contribution in [0.1, 0.15) is 12.8 Å². The summed E-state index contributed by atoms with van der Waals surface area (Å²) in [5.74, 6) is 0.204. The molecule has 0 radical (unpaired) electrons. The molecule has 0 aliphatic heterocycles. The molecule has 1 aromatic heterocycles. The lowest BCUT2D eigenvalue weighted by atomic mass is 10.3. The molecule has 0 atom stereocenters. The number of amides is 2. The number of methoxy groups -OCH3 is 1. The Kier molecular flexibility index (Phi) is 5.50. The molecule has 0 aliphatic rings. The summed E-state index contributed by atoms with van der Waals surface area (Å²) in [5.41, 5.74) is 0. The van der Waals surface area contributed by atoms with Crippen LogP contribution < -0.4 is 10.6 Å². The van der Waals surface area contributed by atoms with E-state index in [4.69, 9.17) is 0 Å². The average molecular weight is 237 g/mol. The Balaban J connectivity index is 2.16. The van der Waals surface area contributed by atoms with Gasteiger partial charge in [0.25, 0.3) is 0 Å². The van der Waals surface area contributed by atoms with Gasteiger partial charge in [0.1, 0.15) is 5.82 Å². The highest BCUT2D eigenvalue weighted by molar-refractivity contribution is 5.88. The van der Waals surface area contributed by atoms with Gasteiger partial charge in [-0.05, 0) is 18.6 Å². The molecule has 0 spiro atoms. The highest BCUT2D eigenvalue weighted by Crippen LogP contribution is 1.98. The number of pyridine rings is 1. The van der Waals surface area contributed by atoms with Crippen molar-refractivity contribution in [3.05, 3.63) is 24.4 Å². The second-order valence-electron chi connectivity index (χ2n) is 3.28. The van der Waals surface area contributed by atoms with Crippen molar-refractivity contribution in [2.24, 2.45) is 0 Å². The number of rotatable bonds is 5. The number of nitrogens with zero attached hydrogens (tertiary/aromatic N) is 1. The number of hydrogen-bond donors (Lipinski definition) is 2. The zero-order valence-electron chi connectivity index (χ0n) is 9.60. The molecular formula is C11H15N3O3. The lowest BCUT2D eigenvalue weighted by Crippen LogP contribution is -2.30. The van der Waals surface area contributed by atoms with E-state index in [2.05, 4.69) is 20.4 Å². The first-order valence-corrected chi connectivity index (χ1v) is 5.25. The van der Waals surface area contributed by atoms with Gasteiger partial charge in [0.05, 0.1) is 7.11 Å². The van der Waals surface area contributed by atoms with Crippen LogP contribution in [0.5, 0.6) is 0 Å². The summed E-state index contributed by atoms with van der Waals surface area (Å²) in [4.78, 5) is 26.1. The fraction of sp³-hybridized carbons (Fsp3) is 0.364. The Morgan fingerprint density at radius 3 is 2.88 bits per heavy atom. The molecule has 6 nitrogen and oxygen atoms in total. The third-order valence-corrected chi connectivity index (χ3v) is 1.98. The number of aromatic nitrogens is 1. The Hall–Kier alpha value is -2.11. The van der Waals surface area contributed by atoms with E-state index in [1.807, 2.05) is 0 Å². The van der Waals surface area contributed by atoms with Crippen LogP contribution in [0.25, 0.3) is 0 Å². The lowest BCUT2D eigenvalue weighted by molar-refractivity contribution is -0.140. The van der Waals surface area contributed by atoms with E-state index in [0.717, 1.165) is 0 Å². The van der Waals surface area contributed by atoms with Crippen LogP contribution in [-0.4, -0.2) is 30.6 Å². The van der Waals surface area contributed by atoms with Gasteiger partial charge in [0.2, 0.25) is 0 Å². The summed E-state index contributed by atoms with van der Waals surface area (Å²) in [6, 6.07) is 4.89. The van der Waals surface area contributed by atoms with Crippen molar-refractivity contribution in [3.63, 3.8) is 0 Å².